The van der Waals surface area contributed by atoms with Gasteiger partial charge in [0.05, 0.1) is 11.8 Å². The molecule has 5 nitrogen and oxygen atoms in total. The number of carbonyl (C=O) groups is 1. The molecule has 1 aromatic carbocycles. The number of carbonyl (C=O) groups excluding carboxylic acids is 1. The van der Waals surface area contributed by atoms with E-state index in [4.69, 9.17) is 4.42 Å². The van der Waals surface area contributed by atoms with E-state index in [2.05, 4.69) is 22.1 Å². The largest absolute Gasteiger partial charge is 0.443 e. The number of oxazole rings is 1. The lowest BCUT2D eigenvalue weighted by Gasteiger charge is -2.33. The van der Waals surface area contributed by atoms with Crippen molar-refractivity contribution in [3.63, 3.8) is 0 Å². The second-order valence-corrected chi connectivity index (χ2v) is 6.58. The van der Waals surface area contributed by atoms with Gasteiger partial charge in [0, 0.05) is 25.4 Å². The summed E-state index contributed by atoms with van der Waals surface area (Å²) in [6, 6.07) is 13.7. The Bertz CT molecular complexity index is 861. The standard InChI is InChI=1S/C21H21N3O2/c25-21(17-9-6-11-22-14-17)24-12-5-4-10-19(24)20-23-15-18(26-20)13-16-7-2-1-3-8-16/h1-3,6-9,11,14-15,19H,4-5,10,12-13H2/t19-/m0/s1. The number of hydrogen-bond donors (Lipinski definition) is 0. The van der Waals surface area contributed by atoms with Crippen LogP contribution in [-0.4, -0.2) is 27.3 Å². The number of nitrogens with zero attached hydrogens (tertiary/aromatic N) is 3. The fourth-order valence-electron chi connectivity index (χ4n) is 3.44. The highest BCUT2D eigenvalue weighted by Crippen LogP contribution is 2.32. The van der Waals surface area contributed by atoms with E-state index in [0.717, 1.165) is 31.6 Å². The van der Waals surface area contributed by atoms with Gasteiger partial charge in [-0.2, -0.15) is 0 Å². The lowest BCUT2D eigenvalue weighted by molar-refractivity contribution is 0.0569. The molecule has 1 aliphatic heterocycles. The molecule has 26 heavy (non-hydrogen) atoms. The van der Waals surface area contributed by atoms with Crippen molar-refractivity contribution in [2.24, 2.45) is 0 Å². The van der Waals surface area contributed by atoms with Crippen LogP contribution in [0.4, 0.5) is 0 Å². The zero-order valence-corrected chi connectivity index (χ0v) is 14.5. The normalized spacial score (nSPS) is 17.2. The first-order chi connectivity index (χ1) is 12.8. The first-order valence-electron chi connectivity index (χ1n) is 9.01. The summed E-state index contributed by atoms with van der Waals surface area (Å²) < 4.78 is 6.02. The Balaban J connectivity index is 1.54. The van der Waals surface area contributed by atoms with Crippen LogP contribution in [0.1, 0.15) is 52.9 Å². The van der Waals surface area contributed by atoms with Crippen molar-refractivity contribution in [2.45, 2.75) is 31.7 Å². The predicted octanol–water partition coefficient (Wildman–Crippen LogP) is 4.03. The van der Waals surface area contributed by atoms with E-state index in [1.54, 1.807) is 30.7 Å². The number of hydrogen-bond acceptors (Lipinski definition) is 4. The number of benzene rings is 1. The highest BCUT2D eigenvalue weighted by Gasteiger charge is 2.32. The van der Waals surface area contributed by atoms with Crippen LogP contribution >= 0.6 is 0 Å². The molecule has 0 spiro atoms. The molecule has 4 rings (SSSR count). The molecule has 1 saturated heterocycles. The van der Waals surface area contributed by atoms with Crippen molar-refractivity contribution in [2.75, 3.05) is 6.54 Å². The van der Waals surface area contributed by atoms with E-state index in [-0.39, 0.29) is 11.9 Å². The van der Waals surface area contributed by atoms with Crippen molar-refractivity contribution >= 4 is 5.91 Å². The number of rotatable bonds is 4. The van der Waals surface area contributed by atoms with E-state index < -0.39 is 0 Å². The van der Waals surface area contributed by atoms with Gasteiger partial charge < -0.3 is 9.32 Å². The molecule has 132 valence electrons. The molecule has 3 aromatic rings. The third kappa shape index (κ3) is 3.52. The number of pyridine rings is 1. The Morgan fingerprint density at radius 2 is 2.00 bits per heavy atom. The van der Waals surface area contributed by atoms with Gasteiger partial charge in [-0.25, -0.2) is 4.98 Å². The molecule has 1 fully saturated rings. The van der Waals surface area contributed by atoms with E-state index in [1.807, 2.05) is 23.1 Å². The Morgan fingerprint density at radius 3 is 2.81 bits per heavy atom. The molecule has 1 atom stereocenters. The third-order valence-electron chi connectivity index (χ3n) is 4.75. The summed E-state index contributed by atoms with van der Waals surface area (Å²) in [5.74, 6) is 1.45. The summed E-state index contributed by atoms with van der Waals surface area (Å²) in [7, 11) is 0. The minimum Gasteiger partial charge on any atom is -0.443 e. The highest BCUT2D eigenvalue weighted by molar-refractivity contribution is 5.94. The summed E-state index contributed by atoms with van der Waals surface area (Å²) in [6.45, 7) is 0.717. The average Bonchev–Trinajstić information content (AvgIpc) is 3.17. The fraction of sp³-hybridized carbons (Fsp3) is 0.286. The van der Waals surface area contributed by atoms with E-state index in [9.17, 15) is 4.79 Å². The van der Waals surface area contributed by atoms with Gasteiger partial charge in [0.2, 0.25) is 5.89 Å². The first-order valence-corrected chi connectivity index (χ1v) is 9.01. The predicted molar refractivity (Wildman–Crippen MR) is 97.6 cm³/mol. The SMILES string of the molecule is O=C(c1cccnc1)N1CCCC[C@H]1c1ncc(Cc2ccccc2)o1. The Labute approximate surface area is 152 Å². The zero-order valence-electron chi connectivity index (χ0n) is 14.5. The second-order valence-electron chi connectivity index (χ2n) is 6.58. The molecule has 2 aromatic heterocycles. The van der Waals surface area contributed by atoms with Crippen LogP contribution in [0.15, 0.2) is 65.5 Å². The molecule has 0 saturated carbocycles. The van der Waals surface area contributed by atoms with Crippen LogP contribution in [0.3, 0.4) is 0 Å². The van der Waals surface area contributed by atoms with Gasteiger partial charge in [0.25, 0.3) is 5.91 Å². The smallest absolute Gasteiger partial charge is 0.256 e. The summed E-state index contributed by atoms with van der Waals surface area (Å²) in [4.78, 5) is 23.3. The first kappa shape index (κ1) is 16.5. The van der Waals surface area contributed by atoms with Crippen LogP contribution in [0.2, 0.25) is 0 Å². The van der Waals surface area contributed by atoms with Crippen molar-refractivity contribution < 1.29 is 9.21 Å². The quantitative estimate of drug-likeness (QED) is 0.715. The lowest BCUT2D eigenvalue weighted by atomic mass is 10.0. The zero-order chi connectivity index (χ0) is 17.8. The van der Waals surface area contributed by atoms with Crippen molar-refractivity contribution in [3.8, 4) is 0 Å². The van der Waals surface area contributed by atoms with E-state index >= 15 is 0 Å². The molecule has 0 aliphatic carbocycles. The number of amides is 1. The topological polar surface area (TPSA) is 59.2 Å². The van der Waals surface area contributed by atoms with Crippen LogP contribution in [0, 0.1) is 0 Å². The van der Waals surface area contributed by atoms with Crippen LogP contribution in [0.5, 0.6) is 0 Å². The Hall–Kier alpha value is -2.95. The monoisotopic (exact) mass is 347 g/mol. The van der Waals surface area contributed by atoms with Gasteiger partial charge >= 0.3 is 0 Å². The van der Waals surface area contributed by atoms with Crippen LogP contribution in [0.25, 0.3) is 0 Å². The Morgan fingerprint density at radius 1 is 1.12 bits per heavy atom. The molecule has 0 unspecified atom stereocenters. The average molecular weight is 347 g/mol. The number of aromatic nitrogens is 2. The molecular weight excluding hydrogens is 326 g/mol. The van der Waals surface area contributed by atoms with Gasteiger partial charge in [-0.05, 0) is 37.0 Å². The molecule has 5 heteroatoms. The summed E-state index contributed by atoms with van der Waals surface area (Å²) in [5.41, 5.74) is 1.79. The van der Waals surface area contributed by atoms with Gasteiger partial charge in [-0.3, -0.25) is 9.78 Å². The van der Waals surface area contributed by atoms with Crippen molar-refractivity contribution in [3.05, 3.63) is 83.8 Å². The van der Waals surface area contributed by atoms with E-state index in [0.29, 0.717) is 17.9 Å². The highest BCUT2D eigenvalue weighted by atomic mass is 16.4. The third-order valence-corrected chi connectivity index (χ3v) is 4.75. The number of likely N-dealkylation sites (tertiary alicyclic amines) is 1. The Kier molecular flexibility index (Phi) is 4.78. The van der Waals surface area contributed by atoms with E-state index in [1.165, 1.54) is 5.56 Å². The fourth-order valence-corrected chi connectivity index (χ4v) is 3.44. The van der Waals surface area contributed by atoms with Crippen LogP contribution in [-0.2, 0) is 6.42 Å². The second kappa shape index (κ2) is 7.52. The molecule has 3 heterocycles. The molecule has 0 N–H and O–H groups in total. The maximum absolute atomic E-state index is 12.9. The summed E-state index contributed by atoms with van der Waals surface area (Å²) in [6.07, 6.45) is 8.72. The molecule has 1 amide bonds. The van der Waals surface area contributed by atoms with Gasteiger partial charge in [-0.15, -0.1) is 0 Å². The van der Waals surface area contributed by atoms with Gasteiger partial charge in [0.1, 0.15) is 11.8 Å². The minimum atomic E-state index is -0.110. The lowest BCUT2D eigenvalue weighted by Crippen LogP contribution is -2.38. The number of piperidine rings is 1. The van der Waals surface area contributed by atoms with Gasteiger partial charge in [0.15, 0.2) is 0 Å². The van der Waals surface area contributed by atoms with Gasteiger partial charge in [-0.1, -0.05) is 30.3 Å². The summed E-state index contributed by atoms with van der Waals surface area (Å²) >= 11 is 0. The maximum Gasteiger partial charge on any atom is 0.256 e. The molecular formula is C21H21N3O2. The van der Waals surface area contributed by atoms with Crippen LogP contribution < -0.4 is 0 Å². The van der Waals surface area contributed by atoms with Crippen molar-refractivity contribution in [1.29, 1.82) is 0 Å². The molecule has 0 bridgehead atoms. The molecule has 0 radical (unpaired) electrons. The summed E-state index contributed by atoms with van der Waals surface area (Å²) in [5, 5.41) is 0. The van der Waals surface area contributed by atoms with Crippen molar-refractivity contribution in [1.82, 2.24) is 14.9 Å². The minimum absolute atomic E-state index is 0.00870. The molecule has 1 aliphatic rings. The maximum atomic E-state index is 12.9.